The molecule has 0 fully saturated rings. The van der Waals surface area contributed by atoms with Gasteiger partial charge in [0, 0.05) is 17.5 Å². The molecule has 3 aromatic rings. The van der Waals surface area contributed by atoms with Gasteiger partial charge in [-0.25, -0.2) is 18.0 Å². The quantitative estimate of drug-likeness (QED) is 0.351. The van der Waals surface area contributed by atoms with Crippen LogP contribution in [-0.2, 0) is 14.8 Å². The summed E-state index contributed by atoms with van der Waals surface area (Å²) in [6, 6.07) is 12.8. The highest BCUT2D eigenvalue weighted by molar-refractivity contribution is 7.89. The van der Waals surface area contributed by atoms with Gasteiger partial charge in [0.2, 0.25) is 10.0 Å². The molecule has 0 saturated carbocycles. The van der Waals surface area contributed by atoms with Crippen molar-refractivity contribution in [3.05, 3.63) is 70.6 Å². The Kier molecular flexibility index (Phi) is 6.38. The van der Waals surface area contributed by atoms with E-state index in [0.717, 1.165) is 5.56 Å². The summed E-state index contributed by atoms with van der Waals surface area (Å²) in [4.78, 5) is 24.3. The zero-order valence-electron chi connectivity index (χ0n) is 16.9. The van der Waals surface area contributed by atoms with Gasteiger partial charge in [0.1, 0.15) is 17.4 Å². The molecule has 2 aromatic carbocycles. The highest BCUT2D eigenvalue weighted by atomic mass is 32.2. The van der Waals surface area contributed by atoms with E-state index in [-0.39, 0.29) is 22.1 Å². The molecule has 0 aliphatic heterocycles. The number of nitrogens with one attached hydrogen (secondary N) is 1. The van der Waals surface area contributed by atoms with E-state index in [1.54, 1.807) is 37.3 Å². The van der Waals surface area contributed by atoms with Crippen molar-refractivity contribution < 1.29 is 22.4 Å². The Morgan fingerprint density at radius 1 is 1.10 bits per heavy atom. The molecule has 0 aliphatic carbocycles. The van der Waals surface area contributed by atoms with Crippen LogP contribution in [0, 0.1) is 12.8 Å². The summed E-state index contributed by atoms with van der Waals surface area (Å²) in [5, 5.41) is 0.674. The third kappa shape index (κ3) is 4.95. The molecule has 0 saturated heterocycles. The average Bonchev–Trinajstić information content (AvgIpc) is 2.71. The molecule has 3 rings (SSSR count). The summed E-state index contributed by atoms with van der Waals surface area (Å²) in [6.45, 7) is 5.48. The first-order valence-corrected chi connectivity index (χ1v) is 11.0. The molecular formula is C22H23NO6S. The summed E-state index contributed by atoms with van der Waals surface area (Å²) in [5.41, 5.74) is 0.678. The maximum atomic E-state index is 12.8. The number of rotatable bonds is 7. The smallest absolute Gasteiger partial charge is 0.336 e. The zero-order valence-corrected chi connectivity index (χ0v) is 17.7. The van der Waals surface area contributed by atoms with E-state index in [9.17, 15) is 18.0 Å². The minimum absolute atomic E-state index is 0.0710. The monoisotopic (exact) mass is 429 g/mol. The average molecular weight is 429 g/mol. The van der Waals surface area contributed by atoms with E-state index >= 15 is 0 Å². The Morgan fingerprint density at radius 3 is 2.43 bits per heavy atom. The number of sulfonamides is 1. The molecular weight excluding hydrogens is 406 g/mol. The minimum Gasteiger partial charge on any atom is -0.425 e. The van der Waals surface area contributed by atoms with Crippen molar-refractivity contribution >= 4 is 27.0 Å². The maximum absolute atomic E-state index is 12.8. The molecule has 8 heteroatoms. The summed E-state index contributed by atoms with van der Waals surface area (Å²) < 4.78 is 38.5. The largest absolute Gasteiger partial charge is 0.425 e. The minimum atomic E-state index is -3.92. The molecule has 2 atom stereocenters. The summed E-state index contributed by atoms with van der Waals surface area (Å²) in [6.07, 6.45) is 0.558. The van der Waals surface area contributed by atoms with Gasteiger partial charge in [-0.15, -0.1) is 0 Å². The normalized spacial score (nSPS) is 13.7. The Labute approximate surface area is 174 Å². The summed E-state index contributed by atoms with van der Waals surface area (Å²) in [5.74, 6) is -0.890. The zero-order chi connectivity index (χ0) is 21.9. The van der Waals surface area contributed by atoms with Gasteiger partial charge in [0.25, 0.3) is 0 Å². The van der Waals surface area contributed by atoms with Crippen molar-refractivity contribution in [3.63, 3.8) is 0 Å². The SMILES string of the molecule is CC[C@@H](C)[C@@H](NS(=O)(=O)c1ccc(C)cc1)C(=O)Oc1ccc2ccc(=O)oc2c1. The van der Waals surface area contributed by atoms with Crippen LogP contribution in [0.25, 0.3) is 11.0 Å². The fourth-order valence-electron chi connectivity index (χ4n) is 2.87. The number of carbonyl (C=O) groups excluding carboxylic acids is 1. The lowest BCUT2D eigenvalue weighted by Gasteiger charge is -2.22. The topological polar surface area (TPSA) is 103 Å². The summed E-state index contributed by atoms with van der Waals surface area (Å²) in [7, 11) is -3.92. The summed E-state index contributed by atoms with van der Waals surface area (Å²) >= 11 is 0. The molecule has 1 heterocycles. The van der Waals surface area contributed by atoms with Crippen LogP contribution >= 0.6 is 0 Å². The molecule has 0 spiro atoms. The van der Waals surface area contributed by atoms with Gasteiger partial charge >= 0.3 is 11.6 Å². The molecule has 1 N–H and O–H groups in total. The second-order valence-electron chi connectivity index (χ2n) is 7.17. The van der Waals surface area contributed by atoms with Crippen LogP contribution in [0.3, 0.4) is 0 Å². The number of hydrogen-bond donors (Lipinski definition) is 1. The lowest BCUT2D eigenvalue weighted by molar-refractivity contribution is -0.137. The first kappa shape index (κ1) is 21.7. The van der Waals surface area contributed by atoms with Crippen LogP contribution in [0.4, 0.5) is 0 Å². The van der Waals surface area contributed by atoms with Crippen molar-refractivity contribution in [1.82, 2.24) is 4.72 Å². The Bertz CT molecular complexity index is 1210. The van der Waals surface area contributed by atoms with Crippen molar-refractivity contribution in [2.24, 2.45) is 5.92 Å². The molecule has 30 heavy (non-hydrogen) atoms. The highest BCUT2D eigenvalue weighted by Gasteiger charge is 2.31. The van der Waals surface area contributed by atoms with Crippen molar-refractivity contribution in [2.75, 3.05) is 0 Å². The third-order valence-electron chi connectivity index (χ3n) is 4.89. The maximum Gasteiger partial charge on any atom is 0.336 e. The first-order chi connectivity index (χ1) is 14.2. The number of ether oxygens (including phenoxy) is 1. The van der Waals surface area contributed by atoms with E-state index in [2.05, 4.69) is 4.72 Å². The van der Waals surface area contributed by atoms with E-state index in [1.807, 2.05) is 13.8 Å². The van der Waals surface area contributed by atoms with Gasteiger partial charge in [-0.05, 0) is 43.2 Å². The Hall–Kier alpha value is -2.97. The van der Waals surface area contributed by atoms with Crippen LogP contribution in [0.15, 0.2) is 68.7 Å². The van der Waals surface area contributed by atoms with Crippen molar-refractivity contribution in [1.29, 1.82) is 0 Å². The molecule has 0 bridgehead atoms. The molecule has 0 aliphatic rings. The lowest BCUT2D eigenvalue weighted by atomic mass is 10.0. The van der Waals surface area contributed by atoms with E-state index < -0.39 is 27.7 Å². The fraction of sp³-hybridized carbons (Fsp3) is 0.273. The number of hydrogen-bond acceptors (Lipinski definition) is 6. The standard InChI is InChI=1S/C22H23NO6S/c1-4-15(3)21(23-30(26,27)18-10-5-14(2)6-11-18)22(25)28-17-9-7-16-8-12-20(24)29-19(16)13-17/h5-13,15,21,23H,4H2,1-3H3/t15-,21-/m1/s1. The number of carbonyl (C=O) groups is 1. The lowest BCUT2D eigenvalue weighted by Crippen LogP contribution is -2.46. The van der Waals surface area contributed by atoms with E-state index in [4.69, 9.17) is 9.15 Å². The van der Waals surface area contributed by atoms with Gasteiger partial charge in [-0.3, -0.25) is 0 Å². The molecule has 0 unspecified atom stereocenters. The fourth-order valence-corrected chi connectivity index (χ4v) is 4.16. The second kappa shape index (κ2) is 8.81. The molecule has 1 aromatic heterocycles. The Balaban J connectivity index is 1.85. The third-order valence-corrected chi connectivity index (χ3v) is 6.35. The molecule has 7 nitrogen and oxygen atoms in total. The van der Waals surface area contributed by atoms with Crippen LogP contribution in [0.2, 0.25) is 0 Å². The van der Waals surface area contributed by atoms with Gasteiger partial charge in [0.05, 0.1) is 4.90 Å². The van der Waals surface area contributed by atoms with Crippen molar-refractivity contribution in [3.8, 4) is 5.75 Å². The highest BCUT2D eigenvalue weighted by Crippen LogP contribution is 2.22. The van der Waals surface area contributed by atoms with Crippen molar-refractivity contribution in [2.45, 2.75) is 38.1 Å². The van der Waals surface area contributed by atoms with E-state index in [0.29, 0.717) is 11.8 Å². The Morgan fingerprint density at radius 2 is 1.77 bits per heavy atom. The van der Waals surface area contributed by atoms with Gasteiger partial charge in [-0.1, -0.05) is 38.0 Å². The van der Waals surface area contributed by atoms with E-state index in [1.165, 1.54) is 24.3 Å². The van der Waals surface area contributed by atoms with Crippen LogP contribution in [0.5, 0.6) is 5.75 Å². The van der Waals surface area contributed by atoms with Crippen LogP contribution < -0.4 is 15.1 Å². The number of fused-ring (bicyclic) bond motifs is 1. The second-order valence-corrected chi connectivity index (χ2v) is 8.89. The van der Waals surface area contributed by atoms with Gasteiger partial charge in [0.15, 0.2) is 0 Å². The van der Waals surface area contributed by atoms with Crippen LogP contribution in [-0.4, -0.2) is 20.4 Å². The number of esters is 1. The first-order valence-electron chi connectivity index (χ1n) is 9.54. The predicted octanol–water partition coefficient (Wildman–Crippen LogP) is 3.40. The van der Waals surface area contributed by atoms with Gasteiger partial charge < -0.3 is 9.15 Å². The number of aryl methyl sites for hydroxylation is 1. The molecule has 0 amide bonds. The molecule has 0 radical (unpaired) electrons. The van der Waals surface area contributed by atoms with Gasteiger partial charge in [-0.2, -0.15) is 4.72 Å². The number of benzene rings is 2. The van der Waals surface area contributed by atoms with Crippen LogP contribution in [0.1, 0.15) is 25.8 Å². The predicted molar refractivity (Wildman–Crippen MR) is 113 cm³/mol. The molecule has 158 valence electrons.